The zero-order valence-corrected chi connectivity index (χ0v) is 19.8. The zero-order chi connectivity index (χ0) is 24.1. The molecule has 174 valence electrons. The van der Waals surface area contributed by atoms with Crippen molar-refractivity contribution in [3.8, 4) is 17.2 Å². The molecule has 0 radical (unpaired) electrons. The molecule has 1 fully saturated rings. The van der Waals surface area contributed by atoms with E-state index in [0.717, 1.165) is 24.1 Å². The number of benzene rings is 2. The molecule has 0 spiro atoms. The van der Waals surface area contributed by atoms with E-state index < -0.39 is 0 Å². The molecule has 1 aliphatic rings. The summed E-state index contributed by atoms with van der Waals surface area (Å²) in [5, 5.41) is 22.2. The summed E-state index contributed by atoms with van der Waals surface area (Å²) in [4.78, 5) is 21.0. The van der Waals surface area contributed by atoms with Crippen LogP contribution in [0.5, 0.6) is 0 Å². The third-order valence-corrected chi connectivity index (χ3v) is 6.37. The third kappa shape index (κ3) is 5.85. The molecule has 1 atom stereocenters. The number of hydrogen-bond acceptors (Lipinski definition) is 5. The number of nitrogens with zero attached hydrogens (tertiary/aromatic N) is 4. The summed E-state index contributed by atoms with van der Waals surface area (Å²) in [6.07, 6.45) is 1.86. The summed E-state index contributed by atoms with van der Waals surface area (Å²) in [6.45, 7) is 2.44. The minimum Gasteiger partial charge on any atom is -0.392 e. The van der Waals surface area contributed by atoms with E-state index in [-0.39, 0.29) is 22.3 Å². The number of aromatic nitrogens is 1. The summed E-state index contributed by atoms with van der Waals surface area (Å²) in [5.74, 6) is 0. The van der Waals surface area contributed by atoms with Gasteiger partial charge in [0.05, 0.1) is 34.6 Å². The minimum atomic E-state index is -0.334. The van der Waals surface area contributed by atoms with Gasteiger partial charge in [-0.25, -0.2) is 9.78 Å². The van der Waals surface area contributed by atoms with Crippen LogP contribution < -0.4 is 10.2 Å². The van der Waals surface area contributed by atoms with Gasteiger partial charge >= 0.3 is 6.03 Å². The minimum absolute atomic E-state index is 0.167. The molecule has 0 saturated carbocycles. The molecule has 1 aromatic heterocycles. The average Bonchev–Trinajstić information content (AvgIpc) is 3.27. The van der Waals surface area contributed by atoms with Crippen LogP contribution in [0.4, 0.5) is 16.2 Å². The predicted molar refractivity (Wildman–Crippen MR) is 134 cm³/mol. The number of rotatable bonds is 6. The van der Waals surface area contributed by atoms with E-state index in [1.165, 1.54) is 6.20 Å². The van der Waals surface area contributed by atoms with Gasteiger partial charge in [-0.05, 0) is 47.9 Å². The number of halogens is 2. The van der Waals surface area contributed by atoms with E-state index in [1.54, 1.807) is 17.0 Å². The molecule has 9 heteroatoms. The number of anilines is 2. The molecule has 7 nitrogen and oxygen atoms in total. The van der Waals surface area contributed by atoms with Gasteiger partial charge in [0.25, 0.3) is 0 Å². The number of urea groups is 1. The maximum atomic E-state index is 13.2. The molecule has 2 N–H and O–H groups in total. The van der Waals surface area contributed by atoms with Gasteiger partial charge in [-0.3, -0.25) is 9.80 Å². The number of nitrogens with one attached hydrogen (secondary N) is 1. The van der Waals surface area contributed by atoms with E-state index in [2.05, 4.69) is 21.3 Å². The second-order valence-corrected chi connectivity index (χ2v) is 8.83. The largest absolute Gasteiger partial charge is 0.392 e. The molecule has 4 rings (SSSR count). The lowest BCUT2D eigenvalue weighted by atomic mass is 10.0. The number of carbonyl (C=O) groups is 1. The SMILES string of the molecule is N#Cc1cccc(-c2ccc(N(CCN3CC[C@@H](O)C3)C(=O)Nc3cnc(Cl)c(Cl)c3)cc2)c1. The molecule has 2 aromatic carbocycles. The standard InChI is InChI=1S/C25H23Cl2N5O2/c26-23-13-20(15-29-24(23)27)30-25(34)32(11-10-31-9-8-22(33)16-31)21-6-4-18(5-7-21)19-3-1-2-17(12-19)14-28/h1-7,12-13,15,22,33H,8-11,16H2,(H,30,34)/t22-/m1/s1. The number of aliphatic hydroxyl groups is 1. The van der Waals surface area contributed by atoms with Gasteiger partial charge in [0.1, 0.15) is 5.15 Å². The van der Waals surface area contributed by atoms with Crippen molar-refractivity contribution in [2.75, 3.05) is 36.4 Å². The van der Waals surface area contributed by atoms with E-state index in [4.69, 9.17) is 28.5 Å². The van der Waals surface area contributed by atoms with E-state index in [9.17, 15) is 9.90 Å². The first-order valence-corrected chi connectivity index (χ1v) is 11.6. The monoisotopic (exact) mass is 495 g/mol. The van der Waals surface area contributed by atoms with Crippen LogP contribution in [0.25, 0.3) is 11.1 Å². The lowest BCUT2D eigenvalue weighted by Gasteiger charge is -2.26. The summed E-state index contributed by atoms with van der Waals surface area (Å²) in [5.41, 5.74) is 3.61. The summed E-state index contributed by atoms with van der Waals surface area (Å²) in [7, 11) is 0. The van der Waals surface area contributed by atoms with Gasteiger partial charge in [-0.1, -0.05) is 47.5 Å². The fraction of sp³-hybridized carbons (Fsp3) is 0.240. The zero-order valence-electron chi connectivity index (χ0n) is 18.3. The number of amides is 2. The smallest absolute Gasteiger partial charge is 0.326 e. The fourth-order valence-electron chi connectivity index (χ4n) is 3.89. The Morgan fingerprint density at radius 1 is 1.21 bits per heavy atom. The molecular formula is C25H23Cl2N5O2. The maximum Gasteiger partial charge on any atom is 0.326 e. The lowest BCUT2D eigenvalue weighted by Crippen LogP contribution is -2.40. The quantitative estimate of drug-likeness (QED) is 0.467. The Labute approximate surface area is 208 Å². The Bertz CT molecular complexity index is 1210. The van der Waals surface area contributed by atoms with Crippen molar-refractivity contribution < 1.29 is 9.90 Å². The van der Waals surface area contributed by atoms with Crippen LogP contribution in [0.3, 0.4) is 0 Å². The molecule has 2 amide bonds. The maximum absolute atomic E-state index is 13.2. The molecule has 3 aromatic rings. The van der Waals surface area contributed by atoms with E-state index >= 15 is 0 Å². The molecule has 1 aliphatic heterocycles. The number of carbonyl (C=O) groups excluding carboxylic acids is 1. The second-order valence-electron chi connectivity index (χ2n) is 8.06. The summed E-state index contributed by atoms with van der Waals surface area (Å²) >= 11 is 11.9. The Morgan fingerprint density at radius 2 is 2.00 bits per heavy atom. The highest BCUT2D eigenvalue weighted by molar-refractivity contribution is 6.41. The number of hydrogen-bond donors (Lipinski definition) is 2. The lowest BCUT2D eigenvalue weighted by molar-refractivity contribution is 0.177. The van der Waals surface area contributed by atoms with E-state index in [0.29, 0.717) is 36.6 Å². The Kier molecular flexibility index (Phi) is 7.66. The van der Waals surface area contributed by atoms with Gasteiger partial charge in [0.15, 0.2) is 0 Å². The Morgan fingerprint density at radius 3 is 2.68 bits per heavy atom. The summed E-state index contributed by atoms with van der Waals surface area (Å²) < 4.78 is 0. The van der Waals surface area contributed by atoms with Crippen LogP contribution in [-0.4, -0.2) is 53.3 Å². The van der Waals surface area contributed by atoms with Crippen molar-refractivity contribution in [3.05, 3.63) is 76.5 Å². The van der Waals surface area contributed by atoms with Crippen molar-refractivity contribution in [2.24, 2.45) is 0 Å². The summed E-state index contributed by atoms with van der Waals surface area (Å²) in [6, 6.07) is 18.3. The van der Waals surface area contributed by atoms with Crippen LogP contribution in [0.1, 0.15) is 12.0 Å². The van der Waals surface area contributed by atoms with Gasteiger partial charge < -0.3 is 10.4 Å². The number of likely N-dealkylation sites (tertiary alicyclic amines) is 1. The van der Waals surface area contributed by atoms with Crippen molar-refractivity contribution in [1.29, 1.82) is 5.26 Å². The molecule has 2 heterocycles. The van der Waals surface area contributed by atoms with Crippen LogP contribution >= 0.6 is 23.2 Å². The molecule has 34 heavy (non-hydrogen) atoms. The molecule has 0 aliphatic carbocycles. The second kappa shape index (κ2) is 10.9. The molecule has 0 unspecified atom stereocenters. The Balaban J connectivity index is 1.55. The van der Waals surface area contributed by atoms with Gasteiger partial charge in [0, 0.05) is 31.9 Å². The van der Waals surface area contributed by atoms with Crippen LogP contribution in [0.15, 0.2) is 60.8 Å². The number of pyridine rings is 1. The number of aliphatic hydroxyl groups excluding tert-OH is 1. The van der Waals surface area contributed by atoms with E-state index in [1.807, 2.05) is 42.5 Å². The van der Waals surface area contributed by atoms with Crippen molar-refractivity contribution in [2.45, 2.75) is 12.5 Å². The first-order chi connectivity index (χ1) is 16.4. The van der Waals surface area contributed by atoms with Crippen LogP contribution in [-0.2, 0) is 0 Å². The molecule has 1 saturated heterocycles. The van der Waals surface area contributed by atoms with Crippen LogP contribution in [0, 0.1) is 11.3 Å². The number of nitriles is 1. The topological polar surface area (TPSA) is 92.5 Å². The highest BCUT2D eigenvalue weighted by Crippen LogP contribution is 2.26. The van der Waals surface area contributed by atoms with Gasteiger partial charge in [-0.15, -0.1) is 0 Å². The van der Waals surface area contributed by atoms with Gasteiger partial charge in [-0.2, -0.15) is 5.26 Å². The first kappa shape index (κ1) is 24.0. The fourth-order valence-corrected chi connectivity index (χ4v) is 4.16. The average molecular weight is 496 g/mol. The van der Waals surface area contributed by atoms with Crippen LogP contribution in [0.2, 0.25) is 10.2 Å². The Hall–Kier alpha value is -3.15. The third-order valence-electron chi connectivity index (χ3n) is 5.68. The predicted octanol–water partition coefficient (Wildman–Crippen LogP) is 5.03. The van der Waals surface area contributed by atoms with Crippen molar-refractivity contribution in [3.63, 3.8) is 0 Å². The highest BCUT2D eigenvalue weighted by Gasteiger charge is 2.23. The van der Waals surface area contributed by atoms with Crippen molar-refractivity contribution in [1.82, 2.24) is 9.88 Å². The van der Waals surface area contributed by atoms with Crippen molar-refractivity contribution >= 4 is 40.6 Å². The number of β-amino-alcohol motifs (C(OH)–C–C–N with tert-alkyl or cyclic N) is 1. The molecular weight excluding hydrogens is 473 g/mol. The molecule has 0 bridgehead atoms. The van der Waals surface area contributed by atoms with Gasteiger partial charge in [0.2, 0.25) is 0 Å². The highest BCUT2D eigenvalue weighted by atomic mass is 35.5. The normalized spacial score (nSPS) is 15.6. The first-order valence-electron chi connectivity index (χ1n) is 10.8.